The van der Waals surface area contributed by atoms with Crippen LogP contribution >= 0.6 is 0 Å². The second-order valence-electron chi connectivity index (χ2n) is 6.98. The lowest BCUT2D eigenvalue weighted by atomic mass is 10.1. The molecule has 2 aromatic carbocycles. The molecule has 0 unspecified atom stereocenters. The summed E-state index contributed by atoms with van der Waals surface area (Å²) in [7, 11) is 0.0585. The van der Waals surface area contributed by atoms with Crippen molar-refractivity contribution in [3.05, 3.63) is 48.0 Å². The number of methoxy groups -OCH3 is 1. The average molecular weight is 417 g/mol. The fourth-order valence-electron chi connectivity index (χ4n) is 3.20. The van der Waals surface area contributed by atoms with Gasteiger partial charge in [0, 0.05) is 19.2 Å². The SMILES string of the molecule is COc1ccc2cc(/C=C/C(=O)OCC(=O)N(C)[C@H]3CCS(=O)(=O)C3)ccc2c1. The van der Waals surface area contributed by atoms with Gasteiger partial charge in [-0.1, -0.05) is 18.2 Å². The van der Waals surface area contributed by atoms with Gasteiger partial charge < -0.3 is 14.4 Å². The van der Waals surface area contributed by atoms with Gasteiger partial charge in [-0.05, 0) is 47.0 Å². The Hall–Kier alpha value is -2.87. The molecular formula is C21H23NO6S. The summed E-state index contributed by atoms with van der Waals surface area (Å²) in [4.78, 5) is 25.4. The second kappa shape index (κ2) is 8.65. The summed E-state index contributed by atoms with van der Waals surface area (Å²) in [5, 5.41) is 2.02. The molecule has 2 aromatic rings. The van der Waals surface area contributed by atoms with Gasteiger partial charge in [-0.25, -0.2) is 13.2 Å². The number of esters is 1. The topological polar surface area (TPSA) is 90.0 Å². The maximum Gasteiger partial charge on any atom is 0.331 e. The summed E-state index contributed by atoms with van der Waals surface area (Å²) in [5.41, 5.74) is 0.819. The molecule has 0 spiro atoms. The van der Waals surface area contributed by atoms with Crippen molar-refractivity contribution in [3.8, 4) is 5.75 Å². The van der Waals surface area contributed by atoms with E-state index in [1.54, 1.807) is 13.2 Å². The van der Waals surface area contributed by atoms with E-state index in [0.717, 1.165) is 22.1 Å². The van der Waals surface area contributed by atoms with Crippen molar-refractivity contribution in [2.24, 2.45) is 0 Å². The van der Waals surface area contributed by atoms with Crippen molar-refractivity contribution in [1.29, 1.82) is 0 Å². The highest BCUT2D eigenvalue weighted by Crippen LogP contribution is 2.22. The first kappa shape index (κ1) is 20.9. The highest BCUT2D eigenvalue weighted by molar-refractivity contribution is 7.91. The highest BCUT2D eigenvalue weighted by atomic mass is 32.2. The molecule has 0 saturated carbocycles. The smallest absolute Gasteiger partial charge is 0.331 e. The first-order valence-electron chi connectivity index (χ1n) is 9.16. The van der Waals surface area contributed by atoms with Crippen LogP contribution in [-0.4, -0.2) is 63.5 Å². The maximum atomic E-state index is 12.1. The number of hydrogen-bond acceptors (Lipinski definition) is 6. The molecule has 1 saturated heterocycles. The molecule has 0 N–H and O–H groups in total. The summed E-state index contributed by atoms with van der Waals surface area (Å²) in [6, 6.07) is 11.1. The zero-order chi connectivity index (χ0) is 21.0. The minimum atomic E-state index is -3.08. The maximum absolute atomic E-state index is 12.1. The van der Waals surface area contributed by atoms with E-state index in [0.29, 0.717) is 6.42 Å². The first-order chi connectivity index (χ1) is 13.8. The third-order valence-electron chi connectivity index (χ3n) is 4.97. The number of carbonyl (C=O) groups excluding carboxylic acids is 2. The van der Waals surface area contributed by atoms with Gasteiger partial charge in [0.25, 0.3) is 5.91 Å². The Kier molecular flexibility index (Phi) is 6.22. The van der Waals surface area contributed by atoms with Gasteiger partial charge >= 0.3 is 5.97 Å². The van der Waals surface area contributed by atoms with E-state index in [-0.39, 0.29) is 17.5 Å². The summed E-state index contributed by atoms with van der Waals surface area (Å²) >= 11 is 0. The van der Waals surface area contributed by atoms with Crippen molar-refractivity contribution in [3.63, 3.8) is 0 Å². The number of hydrogen-bond donors (Lipinski definition) is 0. The predicted octanol–water partition coefficient (Wildman–Crippen LogP) is 2.05. The average Bonchev–Trinajstić information content (AvgIpc) is 3.08. The molecule has 0 aliphatic carbocycles. The van der Waals surface area contributed by atoms with Crippen molar-refractivity contribution in [1.82, 2.24) is 4.90 Å². The van der Waals surface area contributed by atoms with Gasteiger partial charge in [0.1, 0.15) is 5.75 Å². The lowest BCUT2D eigenvalue weighted by Crippen LogP contribution is -2.40. The largest absolute Gasteiger partial charge is 0.497 e. The monoisotopic (exact) mass is 417 g/mol. The number of ether oxygens (including phenoxy) is 2. The molecular weight excluding hydrogens is 394 g/mol. The van der Waals surface area contributed by atoms with Crippen molar-refractivity contribution >= 4 is 38.6 Å². The predicted molar refractivity (Wildman–Crippen MR) is 110 cm³/mol. The van der Waals surface area contributed by atoms with Crippen LogP contribution in [0, 0.1) is 0 Å². The zero-order valence-electron chi connectivity index (χ0n) is 16.3. The molecule has 29 heavy (non-hydrogen) atoms. The van der Waals surface area contributed by atoms with Crippen LogP contribution in [0.2, 0.25) is 0 Å². The number of amides is 1. The minimum absolute atomic E-state index is 0.0447. The molecule has 8 heteroatoms. The van der Waals surface area contributed by atoms with Gasteiger partial charge in [-0.3, -0.25) is 4.79 Å². The lowest BCUT2D eigenvalue weighted by molar-refractivity contribution is -0.148. The minimum Gasteiger partial charge on any atom is -0.497 e. The molecule has 0 aromatic heterocycles. The quantitative estimate of drug-likeness (QED) is 0.528. The van der Waals surface area contributed by atoms with E-state index in [1.807, 2.05) is 36.4 Å². The fourth-order valence-corrected chi connectivity index (χ4v) is 4.98. The van der Waals surface area contributed by atoms with Gasteiger partial charge in [0.2, 0.25) is 0 Å². The molecule has 0 radical (unpaired) electrons. The van der Waals surface area contributed by atoms with Crippen LogP contribution in [0.3, 0.4) is 0 Å². The third-order valence-corrected chi connectivity index (χ3v) is 6.72. The summed E-state index contributed by atoms with van der Waals surface area (Å²) < 4.78 is 33.3. The van der Waals surface area contributed by atoms with Crippen molar-refractivity contribution in [2.75, 3.05) is 32.3 Å². The Bertz CT molecular complexity index is 1060. The molecule has 1 heterocycles. The molecule has 1 aliphatic rings. The van der Waals surface area contributed by atoms with Gasteiger partial charge in [0.15, 0.2) is 16.4 Å². The van der Waals surface area contributed by atoms with E-state index in [2.05, 4.69) is 0 Å². The van der Waals surface area contributed by atoms with Crippen LogP contribution in [0.5, 0.6) is 5.75 Å². The number of rotatable bonds is 6. The molecule has 1 aliphatic heterocycles. The zero-order valence-corrected chi connectivity index (χ0v) is 17.1. The van der Waals surface area contributed by atoms with Crippen molar-refractivity contribution < 1.29 is 27.5 Å². The summed E-state index contributed by atoms with van der Waals surface area (Å²) in [5.74, 6) is -0.254. The highest BCUT2D eigenvalue weighted by Gasteiger charge is 2.32. The molecule has 3 rings (SSSR count). The van der Waals surface area contributed by atoms with Crippen molar-refractivity contribution in [2.45, 2.75) is 12.5 Å². The number of nitrogens with zero attached hydrogens (tertiary/aromatic N) is 1. The van der Waals surface area contributed by atoms with Crippen LogP contribution in [-0.2, 0) is 24.2 Å². The molecule has 154 valence electrons. The Balaban J connectivity index is 1.54. The summed E-state index contributed by atoms with van der Waals surface area (Å²) in [6.45, 7) is -0.423. The number of benzene rings is 2. The van der Waals surface area contributed by atoms with Crippen LogP contribution < -0.4 is 4.74 Å². The Labute approximate surface area is 169 Å². The Morgan fingerprint density at radius 1 is 1.17 bits per heavy atom. The second-order valence-corrected chi connectivity index (χ2v) is 9.20. The van der Waals surface area contributed by atoms with Gasteiger partial charge in [0.05, 0.1) is 18.6 Å². The van der Waals surface area contributed by atoms with E-state index in [9.17, 15) is 18.0 Å². The first-order valence-corrected chi connectivity index (χ1v) is 11.0. The van der Waals surface area contributed by atoms with E-state index in [1.165, 1.54) is 18.0 Å². The van der Waals surface area contributed by atoms with Crippen LogP contribution in [0.1, 0.15) is 12.0 Å². The Morgan fingerprint density at radius 3 is 2.59 bits per heavy atom. The number of likely N-dealkylation sites (N-methyl/N-ethyl adjacent to an activating group) is 1. The van der Waals surface area contributed by atoms with E-state index < -0.39 is 28.3 Å². The normalized spacial score (nSPS) is 18.1. The lowest BCUT2D eigenvalue weighted by Gasteiger charge is -2.22. The molecule has 1 atom stereocenters. The van der Waals surface area contributed by atoms with Crippen LogP contribution in [0.25, 0.3) is 16.8 Å². The fraction of sp³-hybridized carbons (Fsp3) is 0.333. The standard InChI is InChI=1S/C21H23NO6S/c1-22(18-9-10-29(25,26)14-18)20(23)13-28-21(24)8-4-15-3-5-17-12-19(27-2)7-6-16(17)11-15/h3-8,11-12,18H,9-10,13-14H2,1-2H3/b8-4+/t18-/m0/s1. The Morgan fingerprint density at radius 2 is 1.90 bits per heavy atom. The number of fused-ring (bicyclic) bond motifs is 1. The number of sulfone groups is 1. The van der Waals surface area contributed by atoms with Crippen LogP contribution in [0.4, 0.5) is 0 Å². The summed E-state index contributed by atoms with van der Waals surface area (Å²) in [6.07, 6.45) is 3.29. The van der Waals surface area contributed by atoms with E-state index in [4.69, 9.17) is 9.47 Å². The van der Waals surface area contributed by atoms with Crippen LogP contribution in [0.15, 0.2) is 42.5 Å². The van der Waals surface area contributed by atoms with E-state index >= 15 is 0 Å². The third kappa shape index (κ3) is 5.35. The van der Waals surface area contributed by atoms with Gasteiger partial charge in [-0.2, -0.15) is 0 Å². The number of carbonyl (C=O) groups is 2. The molecule has 1 fully saturated rings. The van der Waals surface area contributed by atoms with Gasteiger partial charge in [-0.15, -0.1) is 0 Å². The molecule has 7 nitrogen and oxygen atoms in total. The molecule has 1 amide bonds. The molecule has 0 bridgehead atoms.